The predicted octanol–water partition coefficient (Wildman–Crippen LogP) is -1.61. The second-order valence-corrected chi connectivity index (χ2v) is 1.83. The zero-order valence-electron chi connectivity index (χ0n) is 5.67. The van der Waals surface area contributed by atoms with Crippen LogP contribution in [0.2, 0.25) is 0 Å². The van der Waals surface area contributed by atoms with Gasteiger partial charge in [-0.3, -0.25) is 0 Å². The molecule has 0 aliphatic carbocycles. The van der Waals surface area contributed by atoms with E-state index >= 15 is 0 Å². The third-order valence-electron chi connectivity index (χ3n) is 1.04. The number of hydrogen-bond donors (Lipinski definition) is 1. The van der Waals surface area contributed by atoms with Crippen LogP contribution in [0, 0.1) is 0 Å². The Morgan fingerprint density at radius 1 is 1.64 bits per heavy atom. The van der Waals surface area contributed by atoms with E-state index in [1.807, 2.05) is 0 Å². The maximum atomic E-state index is 5.00. The first-order valence-electron chi connectivity index (χ1n) is 2.87. The van der Waals surface area contributed by atoms with Gasteiger partial charge in [0.05, 0.1) is 0 Å². The molecule has 1 aliphatic rings. The lowest BCUT2D eigenvalue weighted by Gasteiger charge is -2.11. The van der Waals surface area contributed by atoms with Crippen LogP contribution in [0.1, 0.15) is 6.92 Å². The Morgan fingerprint density at radius 3 is 3.09 bits per heavy atom. The third kappa shape index (κ3) is 0.933. The van der Waals surface area contributed by atoms with Gasteiger partial charge in [-0.15, -0.1) is 10.2 Å². The van der Waals surface area contributed by atoms with Crippen molar-refractivity contribution in [2.24, 2.45) is 5.10 Å². The number of rotatable bonds is 1. The Hall–Kier alpha value is -1.86. The molecule has 0 amide bonds. The average molecular weight is 155 g/mol. The zero-order valence-corrected chi connectivity index (χ0v) is 5.67. The molecule has 2 rings (SSSR count). The molecule has 58 valence electrons. The number of nitrogens with zero attached hydrogens (tertiary/aromatic N) is 6. The molecule has 0 bridgehead atoms. The minimum atomic E-state index is 0.500. The van der Waals surface area contributed by atoms with Crippen molar-refractivity contribution in [2.75, 3.05) is 5.28 Å². The quantitative estimate of drug-likeness (QED) is 0.525. The van der Waals surface area contributed by atoms with Crippen molar-refractivity contribution in [3.63, 3.8) is 0 Å². The smallest absolute Gasteiger partial charge is 0.242 e. The summed E-state index contributed by atoms with van der Waals surface area (Å²) in [5.41, 5.74) is 2.53. The SMILES string of the molecule is CC1=NNN(n2cnnn2)O1. The molecule has 1 N–H and O–H groups in total. The van der Waals surface area contributed by atoms with Gasteiger partial charge in [0.1, 0.15) is 0 Å². The molecule has 0 radical (unpaired) electrons. The summed E-state index contributed by atoms with van der Waals surface area (Å²) in [7, 11) is 0. The number of nitrogens with one attached hydrogen (secondary N) is 1. The summed E-state index contributed by atoms with van der Waals surface area (Å²) in [6.45, 7) is 1.71. The first-order valence-corrected chi connectivity index (χ1v) is 2.87. The minimum absolute atomic E-state index is 0.500. The molecule has 0 atom stereocenters. The van der Waals surface area contributed by atoms with E-state index in [4.69, 9.17) is 4.84 Å². The van der Waals surface area contributed by atoms with Crippen molar-refractivity contribution in [1.29, 1.82) is 0 Å². The van der Waals surface area contributed by atoms with Crippen LogP contribution in [-0.2, 0) is 4.84 Å². The molecule has 0 aromatic carbocycles. The molecule has 1 aliphatic heterocycles. The van der Waals surface area contributed by atoms with Crippen LogP contribution in [0.3, 0.4) is 0 Å². The standard InChI is InChI=1S/C3H5N7O/c1-3-5-7-10(11-3)9-2-4-6-8-9/h2,7H,1H3. The molecule has 1 aromatic heterocycles. The zero-order chi connectivity index (χ0) is 7.68. The number of hydrogen-bond acceptors (Lipinski definition) is 7. The Labute approximate surface area is 61.3 Å². The second-order valence-electron chi connectivity index (χ2n) is 1.83. The molecule has 0 fully saturated rings. The van der Waals surface area contributed by atoms with Gasteiger partial charge in [-0.25, -0.2) is 0 Å². The Morgan fingerprint density at radius 2 is 2.55 bits per heavy atom. The Kier molecular flexibility index (Phi) is 1.11. The summed E-state index contributed by atoms with van der Waals surface area (Å²) in [5.74, 6) is 0.500. The molecule has 0 saturated heterocycles. The van der Waals surface area contributed by atoms with Crippen molar-refractivity contribution < 1.29 is 4.84 Å². The van der Waals surface area contributed by atoms with Crippen molar-refractivity contribution in [1.82, 2.24) is 25.9 Å². The van der Waals surface area contributed by atoms with Gasteiger partial charge in [0, 0.05) is 6.92 Å². The predicted molar refractivity (Wildman–Crippen MR) is 33.4 cm³/mol. The Balaban J connectivity index is 2.11. The molecule has 8 nitrogen and oxygen atoms in total. The van der Waals surface area contributed by atoms with Crippen LogP contribution < -0.4 is 10.8 Å². The van der Waals surface area contributed by atoms with E-state index in [-0.39, 0.29) is 0 Å². The lowest BCUT2D eigenvalue weighted by atomic mass is 10.8. The summed E-state index contributed by atoms with van der Waals surface area (Å²) >= 11 is 0. The van der Waals surface area contributed by atoms with Crippen LogP contribution in [0.4, 0.5) is 0 Å². The largest absolute Gasteiger partial charge is 0.324 e. The summed E-state index contributed by atoms with van der Waals surface area (Å²) < 4.78 is 0. The molecule has 1 aromatic rings. The highest BCUT2D eigenvalue weighted by atomic mass is 16.8. The van der Waals surface area contributed by atoms with E-state index in [0.717, 1.165) is 0 Å². The topological polar surface area (TPSA) is 80.5 Å². The number of tetrazole rings is 1. The first kappa shape index (κ1) is 5.89. The molecular formula is C3H5N7O. The monoisotopic (exact) mass is 155 g/mol. The van der Waals surface area contributed by atoms with E-state index in [1.165, 1.54) is 16.4 Å². The summed E-state index contributed by atoms with van der Waals surface area (Å²) in [5, 5.41) is 15.3. The van der Waals surface area contributed by atoms with Crippen LogP contribution in [0.15, 0.2) is 11.4 Å². The summed E-state index contributed by atoms with van der Waals surface area (Å²) in [4.78, 5) is 6.26. The van der Waals surface area contributed by atoms with Crippen LogP contribution in [0.25, 0.3) is 0 Å². The molecule has 0 saturated carbocycles. The normalized spacial score (nSPS) is 15.7. The highest BCUT2D eigenvalue weighted by molar-refractivity contribution is 5.74. The van der Waals surface area contributed by atoms with Gasteiger partial charge < -0.3 is 4.84 Å². The average Bonchev–Trinajstić information content (AvgIpc) is 2.55. The van der Waals surface area contributed by atoms with Gasteiger partial charge in [0.25, 0.3) is 0 Å². The maximum absolute atomic E-state index is 5.00. The molecule has 8 heteroatoms. The number of hydrazine groups is 1. The highest BCUT2D eigenvalue weighted by Gasteiger charge is 2.14. The first-order chi connectivity index (χ1) is 5.36. The van der Waals surface area contributed by atoms with Gasteiger partial charge >= 0.3 is 0 Å². The lowest BCUT2D eigenvalue weighted by Crippen LogP contribution is -2.39. The van der Waals surface area contributed by atoms with Crippen molar-refractivity contribution in [2.45, 2.75) is 6.92 Å². The lowest BCUT2D eigenvalue weighted by molar-refractivity contribution is 0.159. The fraction of sp³-hybridized carbons (Fsp3) is 0.333. The number of aromatic nitrogens is 4. The molecule has 11 heavy (non-hydrogen) atoms. The van der Waals surface area contributed by atoms with Crippen LogP contribution in [-0.4, -0.2) is 26.2 Å². The molecule has 0 spiro atoms. The van der Waals surface area contributed by atoms with Crippen molar-refractivity contribution in [3.05, 3.63) is 6.33 Å². The maximum Gasteiger partial charge on any atom is 0.242 e. The van der Waals surface area contributed by atoms with E-state index in [9.17, 15) is 0 Å². The molecular weight excluding hydrogens is 150 g/mol. The van der Waals surface area contributed by atoms with Crippen LogP contribution in [0.5, 0.6) is 0 Å². The van der Waals surface area contributed by atoms with Crippen molar-refractivity contribution in [3.8, 4) is 0 Å². The van der Waals surface area contributed by atoms with Crippen LogP contribution >= 0.6 is 0 Å². The van der Waals surface area contributed by atoms with E-state index < -0.39 is 0 Å². The summed E-state index contributed by atoms with van der Waals surface area (Å²) in [6.07, 6.45) is 1.38. The van der Waals surface area contributed by atoms with Gasteiger partial charge in [0.15, 0.2) is 6.33 Å². The van der Waals surface area contributed by atoms with E-state index in [2.05, 4.69) is 26.2 Å². The van der Waals surface area contributed by atoms with Gasteiger partial charge in [-0.05, 0) is 15.7 Å². The van der Waals surface area contributed by atoms with Gasteiger partial charge in [-0.1, -0.05) is 4.79 Å². The fourth-order valence-electron chi connectivity index (χ4n) is 0.606. The molecule has 2 heterocycles. The van der Waals surface area contributed by atoms with E-state index in [1.54, 1.807) is 6.92 Å². The van der Waals surface area contributed by atoms with Gasteiger partial charge in [0.2, 0.25) is 5.90 Å². The van der Waals surface area contributed by atoms with E-state index in [0.29, 0.717) is 5.90 Å². The fourth-order valence-corrected chi connectivity index (χ4v) is 0.606. The second kappa shape index (κ2) is 2.08. The highest BCUT2D eigenvalue weighted by Crippen LogP contribution is 1.93. The summed E-state index contributed by atoms with van der Waals surface area (Å²) in [6, 6.07) is 0. The Bertz CT molecular complexity index is 265. The third-order valence-corrected chi connectivity index (χ3v) is 1.04. The van der Waals surface area contributed by atoms with Gasteiger partial charge in [-0.2, -0.15) is 5.53 Å². The molecule has 0 unspecified atom stereocenters. The minimum Gasteiger partial charge on any atom is -0.324 e. The number of hydrazone groups is 1. The van der Waals surface area contributed by atoms with Crippen molar-refractivity contribution >= 4 is 5.90 Å².